The third kappa shape index (κ3) is 6.26. The summed E-state index contributed by atoms with van der Waals surface area (Å²) in [7, 11) is 0. The normalized spacial score (nSPS) is 23.9. The van der Waals surface area contributed by atoms with E-state index >= 15 is 0 Å². The lowest BCUT2D eigenvalue weighted by molar-refractivity contribution is -0.153. The van der Waals surface area contributed by atoms with E-state index in [-0.39, 0.29) is 24.5 Å². The van der Waals surface area contributed by atoms with Crippen molar-refractivity contribution in [2.45, 2.75) is 82.8 Å². The van der Waals surface area contributed by atoms with Gasteiger partial charge in [-0.15, -0.1) is 0 Å². The molecule has 8 nitrogen and oxygen atoms in total. The minimum absolute atomic E-state index is 0.144. The number of pyridine rings is 1. The summed E-state index contributed by atoms with van der Waals surface area (Å²) in [5, 5.41) is 25.8. The van der Waals surface area contributed by atoms with Crippen molar-refractivity contribution < 1.29 is 24.6 Å². The number of anilines is 1. The van der Waals surface area contributed by atoms with Gasteiger partial charge in [-0.05, 0) is 68.9 Å². The van der Waals surface area contributed by atoms with Crippen molar-refractivity contribution in [1.82, 2.24) is 10.3 Å². The molecule has 3 rings (SSSR count). The van der Waals surface area contributed by atoms with E-state index in [4.69, 9.17) is 0 Å². The summed E-state index contributed by atoms with van der Waals surface area (Å²) < 4.78 is 0. The van der Waals surface area contributed by atoms with Crippen LogP contribution in [0.4, 0.5) is 5.82 Å². The smallest absolute Gasteiger partial charge is 0.329 e. The second-order valence-corrected chi connectivity index (χ2v) is 8.96. The summed E-state index contributed by atoms with van der Waals surface area (Å²) in [6, 6.07) is 2.85. The summed E-state index contributed by atoms with van der Waals surface area (Å²) in [5.74, 6) is -0.405. The van der Waals surface area contributed by atoms with Crippen molar-refractivity contribution in [3.63, 3.8) is 0 Å². The van der Waals surface area contributed by atoms with Crippen LogP contribution in [0, 0.1) is 5.92 Å². The molecule has 170 valence electrons. The standard InChI is InChI=1S/C23H33N3O5/c1-15(27)25-20(22(29)30)23(31)11-9-16(10-12-23)14-19(28)6-2-5-18-8-7-17-4-3-13-24-21(17)26-18/h7-8,16,20,31H,2-6,9-14H2,1H3,(H,24,26)(H,25,27)(H,29,30). The van der Waals surface area contributed by atoms with Gasteiger partial charge in [-0.2, -0.15) is 0 Å². The molecule has 0 spiro atoms. The van der Waals surface area contributed by atoms with Crippen molar-refractivity contribution in [1.29, 1.82) is 0 Å². The average molecular weight is 432 g/mol. The molecule has 1 aromatic heterocycles. The summed E-state index contributed by atoms with van der Waals surface area (Å²) in [6.07, 6.45) is 6.32. The quantitative estimate of drug-likeness (QED) is 0.472. The Bertz CT molecular complexity index is 817. The Balaban J connectivity index is 1.41. The van der Waals surface area contributed by atoms with E-state index in [2.05, 4.69) is 21.7 Å². The first-order valence-corrected chi connectivity index (χ1v) is 11.2. The number of hydrogen-bond acceptors (Lipinski definition) is 6. The number of ketones is 1. The molecular weight excluding hydrogens is 398 g/mol. The molecule has 0 aromatic carbocycles. The Morgan fingerprint density at radius 2 is 2.03 bits per heavy atom. The van der Waals surface area contributed by atoms with Crippen LogP contribution in [-0.2, 0) is 27.2 Å². The van der Waals surface area contributed by atoms with Gasteiger partial charge >= 0.3 is 5.97 Å². The van der Waals surface area contributed by atoms with Crippen molar-refractivity contribution in [2.75, 3.05) is 11.9 Å². The number of Topliss-reactive ketones (excluding diaryl/α,β-unsaturated/α-hetero) is 1. The largest absolute Gasteiger partial charge is 0.480 e. The third-order valence-corrected chi connectivity index (χ3v) is 6.46. The van der Waals surface area contributed by atoms with Crippen LogP contribution in [0.25, 0.3) is 0 Å². The molecule has 1 saturated carbocycles. The second kappa shape index (κ2) is 10.2. The summed E-state index contributed by atoms with van der Waals surface area (Å²) in [6.45, 7) is 2.19. The van der Waals surface area contributed by atoms with Crippen LogP contribution < -0.4 is 10.6 Å². The van der Waals surface area contributed by atoms with Crippen LogP contribution in [0.3, 0.4) is 0 Å². The lowest BCUT2D eigenvalue weighted by Gasteiger charge is -2.39. The van der Waals surface area contributed by atoms with Gasteiger partial charge in [0.15, 0.2) is 6.04 Å². The molecule has 0 radical (unpaired) electrons. The van der Waals surface area contributed by atoms with E-state index in [9.17, 15) is 24.6 Å². The van der Waals surface area contributed by atoms with Gasteiger partial charge in [-0.1, -0.05) is 6.07 Å². The highest BCUT2D eigenvalue weighted by Crippen LogP contribution is 2.36. The molecule has 1 aliphatic heterocycles. The number of carboxylic acids is 1. The van der Waals surface area contributed by atoms with E-state index in [1.165, 1.54) is 12.5 Å². The van der Waals surface area contributed by atoms with Crippen molar-refractivity contribution in [2.24, 2.45) is 5.92 Å². The summed E-state index contributed by atoms with van der Waals surface area (Å²) in [5.41, 5.74) is 0.789. The van der Waals surface area contributed by atoms with E-state index in [0.29, 0.717) is 25.7 Å². The monoisotopic (exact) mass is 431 g/mol. The molecule has 1 unspecified atom stereocenters. The number of aliphatic carboxylic acids is 1. The predicted octanol–water partition coefficient (Wildman–Crippen LogP) is 2.23. The first kappa shape index (κ1) is 23.2. The van der Waals surface area contributed by atoms with E-state index < -0.39 is 23.5 Å². The van der Waals surface area contributed by atoms with Crippen molar-refractivity contribution >= 4 is 23.5 Å². The molecule has 1 aromatic rings. The van der Waals surface area contributed by atoms with Crippen molar-refractivity contribution in [3.05, 3.63) is 23.4 Å². The number of rotatable bonds is 9. The molecule has 0 saturated heterocycles. The zero-order valence-electron chi connectivity index (χ0n) is 18.2. The number of hydrogen-bond donors (Lipinski definition) is 4. The number of amides is 1. The fraction of sp³-hybridized carbons (Fsp3) is 0.652. The zero-order valence-corrected chi connectivity index (χ0v) is 18.2. The first-order chi connectivity index (χ1) is 14.8. The first-order valence-electron chi connectivity index (χ1n) is 11.2. The molecule has 1 atom stereocenters. The second-order valence-electron chi connectivity index (χ2n) is 8.96. The highest BCUT2D eigenvalue weighted by atomic mass is 16.4. The van der Waals surface area contributed by atoms with Gasteiger partial charge in [0, 0.05) is 32.0 Å². The molecule has 31 heavy (non-hydrogen) atoms. The average Bonchev–Trinajstić information content (AvgIpc) is 2.73. The fourth-order valence-corrected chi connectivity index (χ4v) is 4.70. The van der Waals surface area contributed by atoms with E-state index in [0.717, 1.165) is 43.7 Å². The van der Waals surface area contributed by atoms with Gasteiger partial charge in [-0.3, -0.25) is 9.59 Å². The number of aryl methyl sites for hydroxylation is 2. The van der Waals surface area contributed by atoms with Gasteiger partial charge in [0.2, 0.25) is 5.91 Å². The zero-order chi connectivity index (χ0) is 22.4. The number of aliphatic hydroxyl groups is 1. The number of carbonyl (C=O) groups is 3. The van der Waals surface area contributed by atoms with Gasteiger partial charge < -0.3 is 20.8 Å². The summed E-state index contributed by atoms with van der Waals surface area (Å²) in [4.78, 5) is 39.9. The number of carbonyl (C=O) groups excluding carboxylic acids is 2. The minimum atomic E-state index is -1.47. The Morgan fingerprint density at radius 1 is 1.29 bits per heavy atom. The Hall–Kier alpha value is -2.48. The molecule has 1 aliphatic carbocycles. The minimum Gasteiger partial charge on any atom is -0.480 e. The molecule has 2 aliphatic rings. The number of aromatic nitrogens is 1. The third-order valence-electron chi connectivity index (χ3n) is 6.46. The SMILES string of the molecule is CC(=O)NC(C(=O)O)C1(O)CCC(CC(=O)CCCc2ccc3c(n2)NCCC3)CC1. The molecule has 8 heteroatoms. The van der Waals surface area contributed by atoms with Gasteiger partial charge in [0.1, 0.15) is 11.6 Å². The Morgan fingerprint density at radius 3 is 2.71 bits per heavy atom. The van der Waals surface area contributed by atoms with Gasteiger partial charge in [0.25, 0.3) is 0 Å². The fourth-order valence-electron chi connectivity index (χ4n) is 4.70. The lowest BCUT2D eigenvalue weighted by Crippen LogP contribution is -2.58. The van der Waals surface area contributed by atoms with Crippen LogP contribution in [0.15, 0.2) is 12.1 Å². The van der Waals surface area contributed by atoms with Crippen LogP contribution in [0.2, 0.25) is 0 Å². The molecular formula is C23H33N3O5. The number of nitrogens with zero attached hydrogens (tertiary/aromatic N) is 1. The highest BCUT2D eigenvalue weighted by Gasteiger charge is 2.44. The van der Waals surface area contributed by atoms with Crippen LogP contribution >= 0.6 is 0 Å². The maximum absolute atomic E-state index is 12.4. The van der Waals surface area contributed by atoms with Crippen LogP contribution in [-0.4, -0.2) is 51.0 Å². The molecule has 1 fully saturated rings. The van der Waals surface area contributed by atoms with Gasteiger partial charge in [-0.25, -0.2) is 9.78 Å². The maximum Gasteiger partial charge on any atom is 0.329 e. The van der Waals surface area contributed by atoms with Crippen molar-refractivity contribution in [3.8, 4) is 0 Å². The number of fused-ring (bicyclic) bond motifs is 1. The van der Waals surface area contributed by atoms with Gasteiger partial charge in [0.05, 0.1) is 5.60 Å². The summed E-state index contributed by atoms with van der Waals surface area (Å²) >= 11 is 0. The number of nitrogens with one attached hydrogen (secondary N) is 2. The molecule has 0 bridgehead atoms. The predicted molar refractivity (Wildman–Crippen MR) is 116 cm³/mol. The number of carboxylic acid groups (broad SMARTS) is 1. The van der Waals surface area contributed by atoms with E-state index in [1.807, 2.05) is 6.07 Å². The Labute approximate surface area is 182 Å². The molecule has 2 heterocycles. The highest BCUT2D eigenvalue weighted by molar-refractivity contribution is 5.83. The van der Waals surface area contributed by atoms with E-state index in [1.54, 1.807) is 0 Å². The lowest BCUT2D eigenvalue weighted by atomic mass is 9.73. The topological polar surface area (TPSA) is 129 Å². The molecule has 4 N–H and O–H groups in total. The maximum atomic E-state index is 12.4. The van der Waals surface area contributed by atoms with Crippen LogP contribution in [0.1, 0.15) is 69.5 Å². The van der Waals surface area contributed by atoms with Crippen LogP contribution in [0.5, 0.6) is 0 Å². The molecule has 1 amide bonds. The Kier molecular flexibility index (Phi) is 7.64.